The summed E-state index contributed by atoms with van der Waals surface area (Å²) in [4.78, 5) is 24.5. The maximum atomic E-state index is 11.5. The van der Waals surface area contributed by atoms with Crippen LogP contribution in [-0.4, -0.2) is 37.7 Å². The standard InChI is InChI=1S/C17H20N8O/c1-4-18-17(26)21-13-7-5-12(6-8-13)14-22-16(25-24-14)23-15-19-10(2)9-11(3)20-15/h5-9H,4H2,1-3H3,(H2,18,21,26)(H2,19,20,22,23,24,25). The van der Waals surface area contributed by atoms with Crippen molar-refractivity contribution >= 4 is 23.6 Å². The molecule has 0 saturated heterocycles. The van der Waals surface area contributed by atoms with Gasteiger partial charge >= 0.3 is 6.03 Å². The van der Waals surface area contributed by atoms with E-state index in [0.717, 1.165) is 17.0 Å². The number of carbonyl (C=O) groups excluding carboxylic acids is 1. The Labute approximate surface area is 150 Å². The zero-order valence-corrected chi connectivity index (χ0v) is 14.8. The van der Waals surface area contributed by atoms with Gasteiger partial charge in [-0.2, -0.15) is 4.98 Å². The maximum Gasteiger partial charge on any atom is 0.319 e. The molecule has 2 heterocycles. The lowest BCUT2D eigenvalue weighted by Crippen LogP contribution is -2.28. The Bertz CT molecular complexity index is 883. The van der Waals surface area contributed by atoms with Crippen LogP contribution in [0.15, 0.2) is 30.3 Å². The predicted molar refractivity (Wildman–Crippen MR) is 99.3 cm³/mol. The summed E-state index contributed by atoms with van der Waals surface area (Å²) in [7, 11) is 0. The van der Waals surface area contributed by atoms with Crippen LogP contribution in [0.3, 0.4) is 0 Å². The molecule has 0 atom stereocenters. The molecule has 0 radical (unpaired) electrons. The molecule has 134 valence electrons. The highest BCUT2D eigenvalue weighted by Gasteiger charge is 2.08. The number of amides is 2. The van der Waals surface area contributed by atoms with Crippen molar-refractivity contribution in [3.63, 3.8) is 0 Å². The van der Waals surface area contributed by atoms with Crippen LogP contribution in [-0.2, 0) is 0 Å². The van der Waals surface area contributed by atoms with E-state index < -0.39 is 0 Å². The topological polar surface area (TPSA) is 121 Å². The molecule has 0 aliphatic heterocycles. The lowest BCUT2D eigenvalue weighted by molar-refractivity contribution is 0.252. The summed E-state index contributed by atoms with van der Waals surface area (Å²) >= 11 is 0. The zero-order valence-electron chi connectivity index (χ0n) is 14.8. The number of benzene rings is 1. The van der Waals surface area contributed by atoms with E-state index in [4.69, 9.17) is 0 Å². The van der Waals surface area contributed by atoms with Gasteiger partial charge in [0.05, 0.1) is 0 Å². The molecule has 0 bridgehead atoms. The number of rotatable bonds is 5. The number of hydrogen-bond donors (Lipinski definition) is 4. The molecule has 0 spiro atoms. The quantitative estimate of drug-likeness (QED) is 0.560. The molecule has 2 amide bonds. The van der Waals surface area contributed by atoms with Crippen LogP contribution in [0.1, 0.15) is 18.3 Å². The van der Waals surface area contributed by atoms with Crippen molar-refractivity contribution in [1.29, 1.82) is 0 Å². The highest BCUT2D eigenvalue weighted by Crippen LogP contribution is 2.19. The zero-order chi connectivity index (χ0) is 18.5. The fourth-order valence-electron chi connectivity index (χ4n) is 2.38. The Morgan fingerprint density at radius 1 is 1.04 bits per heavy atom. The van der Waals surface area contributed by atoms with Crippen LogP contribution in [0.25, 0.3) is 11.4 Å². The first-order chi connectivity index (χ1) is 12.5. The number of carbonyl (C=O) groups is 1. The normalized spacial score (nSPS) is 10.4. The monoisotopic (exact) mass is 352 g/mol. The van der Waals surface area contributed by atoms with Gasteiger partial charge in [-0.25, -0.2) is 14.8 Å². The Morgan fingerprint density at radius 2 is 1.73 bits per heavy atom. The molecule has 9 heteroatoms. The number of aromatic nitrogens is 5. The largest absolute Gasteiger partial charge is 0.338 e. The van der Waals surface area contributed by atoms with Crippen molar-refractivity contribution < 1.29 is 4.79 Å². The Balaban J connectivity index is 1.70. The number of H-pyrrole nitrogens is 1. The number of nitrogens with one attached hydrogen (secondary N) is 4. The molecule has 3 rings (SSSR count). The third kappa shape index (κ3) is 4.32. The van der Waals surface area contributed by atoms with Crippen molar-refractivity contribution in [1.82, 2.24) is 30.5 Å². The smallest absolute Gasteiger partial charge is 0.319 e. The number of aryl methyl sites for hydroxylation is 2. The lowest BCUT2D eigenvalue weighted by atomic mass is 10.2. The molecule has 0 unspecified atom stereocenters. The van der Waals surface area contributed by atoms with E-state index in [2.05, 4.69) is 41.1 Å². The van der Waals surface area contributed by atoms with E-state index in [1.165, 1.54) is 0 Å². The molecule has 26 heavy (non-hydrogen) atoms. The van der Waals surface area contributed by atoms with Gasteiger partial charge in [-0.3, -0.25) is 10.4 Å². The summed E-state index contributed by atoms with van der Waals surface area (Å²) in [5, 5.41) is 15.4. The van der Waals surface area contributed by atoms with Crippen LogP contribution in [0.5, 0.6) is 0 Å². The van der Waals surface area contributed by atoms with Crippen molar-refractivity contribution in [3.8, 4) is 11.4 Å². The molecule has 2 aromatic heterocycles. The van der Waals surface area contributed by atoms with Crippen LogP contribution >= 0.6 is 0 Å². The molecule has 1 aromatic carbocycles. The molecule has 0 aliphatic rings. The number of aromatic amines is 1. The van der Waals surface area contributed by atoms with E-state index in [1.54, 1.807) is 12.1 Å². The van der Waals surface area contributed by atoms with Crippen molar-refractivity contribution in [2.75, 3.05) is 17.2 Å². The molecular weight excluding hydrogens is 332 g/mol. The summed E-state index contributed by atoms with van der Waals surface area (Å²) in [5.41, 5.74) is 3.27. The van der Waals surface area contributed by atoms with Gasteiger partial charge in [-0.1, -0.05) is 0 Å². The van der Waals surface area contributed by atoms with E-state index >= 15 is 0 Å². The van der Waals surface area contributed by atoms with E-state index in [9.17, 15) is 4.79 Å². The van der Waals surface area contributed by atoms with Gasteiger partial charge in [0.15, 0.2) is 5.82 Å². The minimum Gasteiger partial charge on any atom is -0.338 e. The van der Waals surface area contributed by atoms with Gasteiger partial charge in [0, 0.05) is 29.2 Å². The summed E-state index contributed by atoms with van der Waals surface area (Å²) in [6.07, 6.45) is 0. The first-order valence-corrected chi connectivity index (χ1v) is 8.20. The first-order valence-electron chi connectivity index (χ1n) is 8.20. The minimum atomic E-state index is -0.236. The fraction of sp³-hybridized carbons (Fsp3) is 0.235. The average molecular weight is 352 g/mol. The van der Waals surface area contributed by atoms with Crippen molar-refractivity contribution in [2.45, 2.75) is 20.8 Å². The van der Waals surface area contributed by atoms with Gasteiger partial charge in [0.2, 0.25) is 11.9 Å². The Kier molecular flexibility index (Phi) is 5.07. The second kappa shape index (κ2) is 7.60. The average Bonchev–Trinajstić information content (AvgIpc) is 3.03. The van der Waals surface area contributed by atoms with Crippen LogP contribution < -0.4 is 16.0 Å². The van der Waals surface area contributed by atoms with Crippen LogP contribution in [0, 0.1) is 13.8 Å². The highest BCUT2D eigenvalue weighted by molar-refractivity contribution is 5.89. The third-order valence-corrected chi connectivity index (χ3v) is 3.44. The molecule has 0 saturated carbocycles. The Morgan fingerprint density at radius 3 is 2.38 bits per heavy atom. The van der Waals surface area contributed by atoms with Gasteiger partial charge in [-0.15, -0.1) is 5.10 Å². The van der Waals surface area contributed by atoms with Crippen LogP contribution in [0.4, 0.5) is 22.4 Å². The second-order valence-corrected chi connectivity index (χ2v) is 5.67. The summed E-state index contributed by atoms with van der Waals surface area (Å²) < 4.78 is 0. The number of nitrogens with zero attached hydrogens (tertiary/aromatic N) is 4. The Hall–Kier alpha value is -3.49. The molecule has 0 aliphatic carbocycles. The summed E-state index contributed by atoms with van der Waals surface area (Å²) in [5.74, 6) is 1.44. The maximum absolute atomic E-state index is 11.5. The summed E-state index contributed by atoms with van der Waals surface area (Å²) in [6.45, 7) is 6.24. The highest BCUT2D eigenvalue weighted by atomic mass is 16.2. The molecule has 4 N–H and O–H groups in total. The predicted octanol–water partition coefficient (Wildman–Crippen LogP) is 2.76. The fourth-order valence-corrected chi connectivity index (χ4v) is 2.38. The molecular formula is C17H20N8O. The summed E-state index contributed by atoms with van der Waals surface area (Å²) in [6, 6.07) is 8.95. The first kappa shape index (κ1) is 17.3. The van der Waals surface area contributed by atoms with Gasteiger partial charge in [0.25, 0.3) is 0 Å². The minimum absolute atomic E-state index is 0.236. The van der Waals surface area contributed by atoms with Gasteiger partial charge in [-0.05, 0) is 51.1 Å². The van der Waals surface area contributed by atoms with E-state index in [1.807, 2.05) is 39.0 Å². The number of anilines is 3. The molecule has 0 fully saturated rings. The van der Waals surface area contributed by atoms with Crippen molar-refractivity contribution in [3.05, 3.63) is 41.7 Å². The van der Waals surface area contributed by atoms with Gasteiger partial charge in [0.1, 0.15) is 0 Å². The lowest BCUT2D eigenvalue weighted by Gasteiger charge is -2.06. The molecule has 3 aromatic rings. The van der Waals surface area contributed by atoms with E-state index in [0.29, 0.717) is 30.0 Å². The van der Waals surface area contributed by atoms with Gasteiger partial charge < -0.3 is 10.6 Å². The van der Waals surface area contributed by atoms with E-state index in [-0.39, 0.29) is 6.03 Å². The number of hydrogen-bond acceptors (Lipinski definition) is 6. The molecule has 9 nitrogen and oxygen atoms in total. The van der Waals surface area contributed by atoms with Crippen molar-refractivity contribution in [2.24, 2.45) is 0 Å². The second-order valence-electron chi connectivity index (χ2n) is 5.67. The number of urea groups is 1. The SMILES string of the molecule is CCNC(=O)Nc1ccc(-c2nc(Nc3nc(C)cc(C)n3)n[nH]2)cc1. The third-order valence-electron chi connectivity index (χ3n) is 3.44. The van der Waals surface area contributed by atoms with Crippen LogP contribution in [0.2, 0.25) is 0 Å².